The Labute approximate surface area is 183 Å². The van der Waals surface area contributed by atoms with Gasteiger partial charge in [-0.05, 0) is 37.0 Å². The van der Waals surface area contributed by atoms with Crippen molar-refractivity contribution in [3.05, 3.63) is 75.2 Å². The number of nitro groups is 1. The lowest BCUT2D eigenvalue weighted by atomic mass is 10.0. The number of nitrogens with zero attached hydrogens (tertiary/aromatic N) is 2. The average Bonchev–Trinajstić information content (AvgIpc) is 3.22. The molecule has 0 saturated carbocycles. The molecule has 0 spiro atoms. The van der Waals surface area contributed by atoms with Gasteiger partial charge in [0.2, 0.25) is 5.91 Å². The van der Waals surface area contributed by atoms with E-state index in [9.17, 15) is 19.7 Å². The van der Waals surface area contributed by atoms with Crippen molar-refractivity contribution in [1.29, 1.82) is 0 Å². The van der Waals surface area contributed by atoms with Crippen LogP contribution in [0.3, 0.4) is 0 Å². The molecule has 0 radical (unpaired) electrons. The number of thiophene rings is 1. The Bertz CT molecular complexity index is 1100. The fourth-order valence-electron chi connectivity index (χ4n) is 3.83. The Morgan fingerprint density at radius 2 is 1.84 bits per heavy atom. The summed E-state index contributed by atoms with van der Waals surface area (Å²) < 4.78 is 0.856. The van der Waals surface area contributed by atoms with Crippen molar-refractivity contribution in [1.82, 2.24) is 10.2 Å². The van der Waals surface area contributed by atoms with Crippen LogP contribution in [0.15, 0.2) is 54.6 Å². The highest BCUT2D eigenvalue weighted by molar-refractivity contribution is 7.20. The zero-order chi connectivity index (χ0) is 21.8. The third-order valence-corrected chi connectivity index (χ3v) is 6.66. The van der Waals surface area contributed by atoms with Crippen LogP contribution in [0.25, 0.3) is 10.1 Å². The minimum Gasteiger partial charge on any atom is -0.353 e. The van der Waals surface area contributed by atoms with Gasteiger partial charge < -0.3 is 10.2 Å². The molecule has 8 heteroatoms. The number of nitro benzene ring substituents is 1. The van der Waals surface area contributed by atoms with Crippen LogP contribution >= 0.6 is 11.3 Å². The number of aryl methyl sites for hydroxylation is 1. The van der Waals surface area contributed by atoms with Gasteiger partial charge in [-0.25, -0.2) is 0 Å². The molecular weight excluding hydrogens is 414 g/mol. The molecule has 0 bridgehead atoms. The Morgan fingerprint density at radius 3 is 2.55 bits per heavy atom. The molecule has 1 fully saturated rings. The van der Waals surface area contributed by atoms with Gasteiger partial charge in [0.1, 0.15) is 0 Å². The van der Waals surface area contributed by atoms with E-state index in [4.69, 9.17) is 0 Å². The number of piperidine rings is 1. The summed E-state index contributed by atoms with van der Waals surface area (Å²) in [6.07, 6.45) is 2.61. The molecule has 2 aromatic carbocycles. The Morgan fingerprint density at radius 1 is 1.10 bits per heavy atom. The topological polar surface area (TPSA) is 92.6 Å². The number of hydrogen-bond donors (Lipinski definition) is 1. The second-order valence-corrected chi connectivity index (χ2v) is 8.79. The molecule has 1 saturated heterocycles. The molecule has 0 atom stereocenters. The van der Waals surface area contributed by atoms with Crippen LogP contribution in [0.2, 0.25) is 0 Å². The Kier molecular flexibility index (Phi) is 6.27. The fraction of sp³-hybridized carbons (Fsp3) is 0.304. The summed E-state index contributed by atoms with van der Waals surface area (Å²) >= 11 is 1.35. The van der Waals surface area contributed by atoms with Crippen LogP contribution in [0.4, 0.5) is 5.69 Å². The summed E-state index contributed by atoms with van der Waals surface area (Å²) in [6, 6.07) is 16.4. The molecule has 0 aliphatic carbocycles. The van der Waals surface area contributed by atoms with Gasteiger partial charge in [0.25, 0.3) is 11.6 Å². The highest BCUT2D eigenvalue weighted by Gasteiger charge is 2.25. The largest absolute Gasteiger partial charge is 0.353 e. The summed E-state index contributed by atoms with van der Waals surface area (Å²) in [4.78, 5) is 38.1. The monoisotopic (exact) mass is 437 g/mol. The normalized spacial score (nSPS) is 14.5. The molecule has 31 heavy (non-hydrogen) atoms. The molecule has 1 aromatic heterocycles. The lowest BCUT2D eigenvalue weighted by molar-refractivity contribution is -0.384. The number of carbonyl (C=O) groups is 2. The van der Waals surface area contributed by atoms with Gasteiger partial charge in [0.05, 0.1) is 9.80 Å². The lowest BCUT2D eigenvalue weighted by Gasteiger charge is -2.32. The molecule has 0 unspecified atom stereocenters. The van der Waals surface area contributed by atoms with Gasteiger partial charge in [0.15, 0.2) is 0 Å². The Balaban J connectivity index is 1.29. The maximum Gasteiger partial charge on any atom is 0.270 e. The molecular formula is C23H23N3O4S. The van der Waals surface area contributed by atoms with Crippen LogP contribution in [0.1, 0.15) is 34.5 Å². The van der Waals surface area contributed by atoms with Crippen LogP contribution in [-0.2, 0) is 11.2 Å². The first-order valence-corrected chi connectivity index (χ1v) is 11.1. The maximum absolute atomic E-state index is 12.9. The van der Waals surface area contributed by atoms with Crippen molar-refractivity contribution < 1.29 is 14.5 Å². The van der Waals surface area contributed by atoms with Gasteiger partial charge >= 0.3 is 0 Å². The number of carbonyl (C=O) groups excluding carboxylic acids is 2. The zero-order valence-electron chi connectivity index (χ0n) is 17.0. The minimum atomic E-state index is -0.433. The first-order valence-electron chi connectivity index (χ1n) is 10.3. The highest BCUT2D eigenvalue weighted by Crippen LogP contribution is 2.30. The predicted octanol–water partition coefficient (Wildman–Crippen LogP) is 4.16. The minimum absolute atomic E-state index is 0.0214. The number of rotatable bonds is 6. The van der Waals surface area contributed by atoms with E-state index in [1.807, 2.05) is 30.3 Å². The molecule has 2 heterocycles. The van der Waals surface area contributed by atoms with Crippen LogP contribution in [0, 0.1) is 10.1 Å². The summed E-state index contributed by atoms with van der Waals surface area (Å²) in [5.41, 5.74) is 1.17. The van der Waals surface area contributed by atoms with Crippen molar-refractivity contribution in [3.63, 3.8) is 0 Å². The highest BCUT2D eigenvalue weighted by atomic mass is 32.1. The van der Waals surface area contributed by atoms with E-state index < -0.39 is 4.92 Å². The second-order valence-electron chi connectivity index (χ2n) is 7.71. The van der Waals surface area contributed by atoms with E-state index in [-0.39, 0.29) is 23.5 Å². The SMILES string of the molecule is O=C(CCc1ccccc1)NC1CCN(C(=O)c2cc3cc([N+](=O)[O-])ccc3s2)CC1. The summed E-state index contributed by atoms with van der Waals surface area (Å²) in [5, 5.41) is 14.8. The van der Waals surface area contributed by atoms with E-state index in [2.05, 4.69) is 5.32 Å². The first kappa shape index (κ1) is 21.0. The second kappa shape index (κ2) is 9.26. The smallest absolute Gasteiger partial charge is 0.270 e. The van der Waals surface area contributed by atoms with E-state index in [0.717, 1.165) is 23.1 Å². The Hall–Kier alpha value is -3.26. The quantitative estimate of drug-likeness (QED) is 0.463. The molecule has 2 amide bonds. The van der Waals surface area contributed by atoms with Crippen LogP contribution in [0.5, 0.6) is 0 Å². The maximum atomic E-state index is 12.9. The number of amides is 2. The molecule has 1 aliphatic heterocycles. The van der Waals surface area contributed by atoms with E-state index in [1.54, 1.807) is 17.0 Å². The first-order chi connectivity index (χ1) is 15.0. The number of nitrogens with one attached hydrogen (secondary N) is 1. The molecule has 3 aromatic rings. The van der Waals surface area contributed by atoms with Crippen molar-refractivity contribution >= 4 is 38.9 Å². The average molecular weight is 438 g/mol. The zero-order valence-corrected chi connectivity index (χ0v) is 17.8. The molecule has 1 N–H and O–H groups in total. The third kappa shape index (κ3) is 5.08. The van der Waals surface area contributed by atoms with Gasteiger partial charge in [0, 0.05) is 47.8 Å². The van der Waals surface area contributed by atoms with Gasteiger partial charge in [-0.15, -0.1) is 11.3 Å². The van der Waals surface area contributed by atoms with Crippen molar-refractivity contribution in [3.8, 4) is 0 Å². The van der Waals surface area contributed by atoms with Crippen LogP contribution in [-0.4, -0.2) is 40.8 Å². The van der Waals surface area contributed by atoms with Crippen LogP contribution < -0.4 is 5.32 Å². The molecule has 7 nitrogen and oxygen atoms in total. The van der Waals surface area contributed by atoms with E-state index in [0.29, 0.717) is 36.2 Å². The number of benzene rings is 2. The molecule has 1 aliphatic rings. The standard InChI is InChI=1S/C23H23N3O4S/c27-22(9-6-16-4-2-1-3-5-16)24-18-10-12-25(13-11-18)23(28)21-15-17-14-19(26(29)30)7-8-20(17)31-21/h1-5,7-8,14-15,18H,6,9-13H2,(H,24,27). The number of hydrogen-bond acceptors (Lipinski definition) is 5. The predicted molar refractivity (Wildman–Crippen MR) is 120 cm³/mol. The third-order valence-electron chi connectivity index (χ3n) is 5.55. The summed E-state index contributed by atoms with van der Waals surface area (Å²) in [7, 11) is 0. The van der Waals surface area contributed by atoms with Gasteiger partial charge in [-0.3, -0.25) is 19.7 Å². The summed E-state index contributed by atoms with van der Waals surface area (Å²) in [6.45, 7) is 1.16. The van der Waals surface area contributed by atoms with E-state index >= 15 is 0 Å². The fourth-order valence-corrected chi connectivity index (χ4v) is 4.85. The summed E-state index contributed by atoms with van der Waals surface area (Å²) in [5.74, 6) is -0.0163. The van der Waals surface area contributed by atoms with Crippen molar-refractivity contribution in [2.24, 2.45) is 0 Å². The number of non-ortho nitro benzene ring substituents is 1. The number of fused-ring (bicyclic) bond motifs is 1. The van der Waals surface area contributed by atoms with Crippen molar-refractivity contribution in [2.45, 2.75) is 31.7 Å². The van der Waals surface area contributed by atoms with Gasteiger partial charge in [-0.1, -0.05) is 30.3 Å². The van der Waals surface area contributed by atoms with Crippen molar-refractivity contribution in [2.75, 3.05) is 13.1 Å². The molecule has 4 rings (SSSR count). The number of likely N-dealkylation sites (tertiary alicyclic amines) is 1. The van der Waals surface area contributed by atoms with Gasteiger partial charge in [-0.2, -0.15) is 0 Å². The lowest BCUT2D eigenvalue weighted by Crippen LogP contribution is -2.46. The molecule has 160 valence electrons. The van der Waals surface area contributed by atoms with E-state index in [1.165, 1.54) is 23.5 Å².